The molecular formula is C30H33N3O6. The highest BCUT2D eigenvalue weighted by Crippen LogP contribution is 2.48. The van der Waals surface area contributed by atoms with Crippen LogP contribution in [0, 0.1) is 0 Å². The molecule has 0 radical (unpaired) electrons. The van der Waals surface area contributed by atoms with Crippen molar-refractivity contribution in [3.63, 3.8) is 0 Å². The molecule has 3 heterocycles. The van der Waals surface area contributed by atoms with Crippen LogP contribution in [0.4, 0.5) is 0 Å². The lowest BCUT2D eigenvalue weighted by molar-refractivity contribution is 0.0515. The van der Waals surface area contributed by atoms with Gasteiger partial charge in [0, 0.05) is 42.6 Å². The van der Waals surface area contributed by atoms with Gasteiger partial charge in [0.25, 0.3) is 0 Å². The third-order valence-corrected chi connectivity index (χ3v) is 7.00. The van der Waals surface area contributed by atoms with Crippen molar-refractivity contribution in [1.29, 1.82) is 0 Å². The van der Waals surface area contributed by atoms with E-state index in [1.807, 2.05) is 18.2 Å². The van der Waals surface area contributed by atoms with Gasteiger partial charge in [0.15, 0.2) is 0 Å². The highest BCUT2D eigenvalue weighted by atomic mass is 16.5. The van der Waals surface area contributed by atoms with Gasteiger partial charge in [0.1, 0.15) is 0 Å². The summed E-state index contributed by atoms with van der Waals surface area (Å²) in [6, 6.07) is 7.32. The number of rotatable bonds is 9. The Hall–Kier alpha value is -4.14. The van der Waals surface area contributed by atoms with Crippen molar-refractivity contribution in [1.82, 2.24) is 15.0 Å². The maximum atomic E-state index is 12.8. The Morgan fingerprint density at radius 3 is 1.62 bits per heavy atom. The molecule has 0 aliphatic heterocycles. The molecule has 0 N–H and O–H groups in total. The first-order chi connectivity index (χ1) is 19.0. The second-order valence-corrected chi connectivity index (χ2v) is 9.36. The Morgan fingerprint density at radius 2 is 1.15 bits per heavy atom. The van der Waals surface area contributed by atoms with Gasteiger partial charge in [-0.3, -0.25) is 15.0 Å². The van der Waals surface area contributed by atoms with Crippen molar-refractivity contribution < 1.29 is 28.6 Å². The SMILES string of the molecule is CCOC(=O)c1ccc([C@H]2C[C@@H](c3ccncc3C(=O)OCC)C[C@@H](c3ccncc3C(=O)OCC)C2)nc1. The molecule has 3 aromatic heterocycles. The number of esters is 3. The van der Waals surface area contributed by atoms with Crippen LogP contribution >= 0.6 is 0 Å². The highest BCUT2D eigenvalue weighted by molar-refractivity contribution is 5.92. The van der Waals surface area contributed by atoms with Crippen molar-refractivity contribution in [2.24, 2.45) is 0 Å². The van der Waals surface area contributed by atoms with E-state index in [4.69, 9.17) is 14.2 Å². The van der Waals surface area contributed by atoms with Gasteiger partial charge >= 0.3 is 17.9 Å². The molecule has 0 bridgehead atoms. The van der Waals surface area contributed by atoms with Gasteiger partial charge in [-0.15, -0.1) is 0 Å². The molecule has 9 heteroatoms. The number of hydrogen-bond acceptors (Lipinski definition) is 9. The second-order valence-electron chi connectivity index (χ2n) is 9.36. The molecule has 0 aromatic carbocycles. The lowest BCUT2D eigenvalue weighted by atomic mass is 9.68. The summed E-state index contributed by atoms with van der Waals surface area (Å²) in [4.78, 5) is 50.7. The molecule has 0 amide bonds. The van der Waals surface area contributed by atoms with Crippen LogP contribution in [-0.2, 0) is 14.2 Å². The fourth-order valence-corrected chi connectivity index (χ4v) is 5.33. The van der Waals surface area contributed by atoms with Gasteiger partial charge in [-0.1, -0.05) is 0 Å². The van der Waals surface area contributed by atoms with E-state index in [0.717, 1.165) is 29.7 Å². The van der Waals surface area contributed by atoms with E-state index in [2.05, 4.69) is 15.0 Å². The summed E-state index contributed by atoms with van der Waals surface area (Å²) in [6.07, 6.45) is 10.1. The van der Waals surface area contributed by atoms with E-state index in [9.17, 15) is 14.4 Å². The van der Waals surface area contributed by atoms with E-state index >= 15 is 0 Å². The summed E-state index contributed by atoms with van der Waals surface area (Å²) in [6.45, 7) is 6.12. The molecule has 4 rings (SSSR count). The van der Waals surface area contributed by atoms with Crippen LogP contribution in [0.2, 0.25) is 0 Å². The number of ether oxygens (including phenoxy) is 3. The van der Waals surface area contributed by atoms with Gasteiger partial charge in [-0.2, -0.15) is 0 Å². The zero-order valence-corrected chi connectivity index (χ0v) is 22.5. The third kappa shape index (κ3) is 6.47. The topological polar surface area (TPSA) is 118 Å². The molecule has 204 valence electrons. The zero-order chi connectivity index (χ0) is 27.8. The maximum absolute atomic E-state index is 12.8. The molecule has 39 heavy (non-hydrogen) atoms. The molecular weight excluding hydrogens is 498 g/mol. The van der Waals surface area contributed by atoms with E-state index in [0.29, 0.717) is 23.1 Å². The van der Waals surface area contributed by atoms with E-state index < -0.39 is 17.9 Å². The fraction of sp³-hybridized carbons (Fsp3) is 0.400. The predicted octanol–water partition coefficient (Wildman–Crippen LogP) is 5.24. The van der Waals surface area contributed by atoms with Crippen LogP contribution < -0.4 is 0 Å². The number of aromatic nitrogens is 3. The summed E-state index contributed by atoms with van der Waals surface area (Å²) in [5.74, 6) is -1.31. The lowest BCUT2D eigenvalue weighted by Gasteiger charge is -2.36. The molecule has 3 atom stereocenters. The van der Waals surface area contributed by atoms with E-state index in [-0.39, 0.29) is 37.6 Å². The fourth-order valence-electron chi connectivity index (χ4n) is 5.33. The molecule has 0 spiro atoms. The van der Waals surface area contributed by atoms with Crippen LogP contribution in [0.5, 0.6) is 0 Å². The number of nitrogens with zero attached hydrogens (tertiary/aromatic N) is 3. The quantitative estimate of drug-likeness (QED) is 0.270. The summed E-state index contributed by atoms with van der Waals surface area (Å²) >= 11 is 0. The Bertz CT molecular complexity index is 1240. The third-order valence-electron chi connectivity index (χ3n) is 7.00. The Balaban J connectivity index is 1.73. The molecule has 1 saturated carbocycles. The number of pyridine rings is 3. The number of carbonyl (C=O) groups is 3. The standard InChI is InChI=1S/C30H33N3O6/c1-4-37-28(34)19-7-8-27(33-16-19)22-14-20(23-9-11-31-17-25(23)29(35)38-5-2)13-21(15-22)24-10-12-32-18-26(24)30(36)39-6-3/h7-12,16-18,20-22H,4-6,13-15H2,1-3H3/t20-,21+,22-. The van der Waals surface area contributed by atoms with Crippen LogP contribution in [0.25, 0.3) is 0 Å². The second kappa shape index (κ2) is 13.1. The summed E-state index contributed by atoms with van der Waals surface area (Å²) in [7, 11) is 0. The van der Waals surface area contributed by atoms with Crippen LogP contribution in [0.15, 0.2) is 55.2 Å². The minimum absolute atomic E-state index is 0.00332. The Morgan fingerprint density at radius 1 is 0.667 bits per heavy atom. The summed E-state index contributed by atoms with van der Waals surface area (Å²) < 4.78 is 15.7. The average molecular weight is 532 g/mol. The maximum Gasteiger partial charge on any atom is 0.339 e. The van der Waals surface area contributed by atoms with E-state index in [1.165, 1.54) is 0 Å². The minimum Gasteiger partial charge on any atom is -0.462 e. The molecule has 0 unspecified atom stereocenters. The summed E-state index contributed by atoms with van der Waals surface area (Å²) in [5, 5.41) is 0. The van der Waals surface area contributed by atoms with Gasteiger partial charge in [0.05, 0.1) is 36.5 Å². The molecule has 0 saturated heterocycles. The highest BCUT2D eigenvalue weighted by Gasteiger charge is 2.36. The van der Waals surface area contributed by atoms with Crippen LogP contribution in [0.1, 0.15) is 106 Å². The summed E-state index contributed by atoms with van der Waals surface area (Å²) in [5.41, 5.74) is 3.81. The predicted molar refractivity (Wildman–Crippen MR) is 143 cm³/mol. The van der Waals surface area contributed by atoms with Crippen molar-refractivity contribution in [2.75, 3.05) is 19.8 Å². The van der Waals surface area contributed by atoms with E-state index in [1.54, 1.807) is 57.8 Å². The Labute approximate surface area is 227 Å². The van der Waals surface area contributed by atoms with Gasteiger partial charge in [-0.25, -0.2) is 14.4 Å². The Kier molecular flexibility index (Phi) is 9.35. The minimum atomic E-state index is -0.414. The van der Waals surface area contributed by atoms with Gasteiger partial charge < -0.3 is 14.2 Å². The zero-order valence-electron chi connectivity index (χ0n) is 22.5. The molecule has 1 aliphatic rings. The largest absolute Gasteiger partial charge is 0.462 e. The van der Waals surface area contributed by atoms with Gasteiger partial charge in [0.2, 0.25) is 0 Å². The number of hydrogen-bond donors (Lipinski definition) is 0. The van der Waals surface area contributed by atoms with Crippen LogP contribution in [-0.4, -0.2) is 52.7 Å². The number of carbonyl (C=O) groups excluding carboxylic acids is 3. The van der Waals surface area contributed by atoms with Gasteiger partial charge in [-0.05, 0) is 87.3 Å². The van der Waals surface area contributed by atoms with Crippen molar-refractivity contribution in [2.45, 2.75) is 57.8 Å². The lowest BCUT2D eigenvalue weighted by Crippen LogP contribution is -2.24. The van der Waals surface area contributed by atoms with Crippen molar-refractivity contribution >= 4 is 17.9 Å². The first kappa shape index (κ1) is 27.9. The molecule has 1 fully saturated rings. The first-order valence-electron chi connectivity index (χ1n) is 13.3. The van der Waals surface area contributed by atoms with Crippen molar-refractivity contribution in [3.8, 4) is 0 Å². The smallest absolute Gasteiger partial charge is 0.339 e. The first-order valence-corrected chi connectivity index (χ1v) is 13.3. The monoisotopic (exact) mass is 531 g/mol. The molecule has 1 aliphatic carbocycles. The average Bonchev–Trinajstić information content (AvgIpc) is 2.97. The molecule has 3 aromatic rings. The van der Waals surface area contributed by atoms with Crippen LogP contribution in [0.3, 0.4) is 0 Å². The normalized spacial score (nSPS) is 18.7. The van der Waals surface area contributed by atoms with Crippen molar-refractivity contribution in [3.05, 3.63) is 88.8 Å². The molecule has 9 nitrogen and oxygen atoms in total.